The lowest BCUT2D eigenvalue weighted by Crippen LogP contribution is -2.50. The number of oxime groups is 1. The summed E-state index contributed by atoms with van der Waals surface area (Å²) in [4.78, 5) is 45.7. The summed E-state index contributed by atoms with van der Waals surface area (Å²) in [5.41, 5.74) is -0.568. The van der Waals surface area contributed by atoms with Gasteiger partial charge in [0, 0.05) is 18.7 Å². The first-order valence-corrected chi connectivity index (χ1v) is 11.8. The van der Waals surface area contributed by atoms with Crippen molar-refractivity contribution in [2.45, 2.75) is 51.6 Å². The van der Waals surface area contributed by atoms with Crippen LogP contribution in [0.4, 0.5) is 10.1 Å². The number of amides is 3. The van der Waals surface area contributed by atoms with Gasteiger partial charge in [0.05, 0.1) is 22.3 Å². The molecule has 4 rings (SSSR count). The van der Waals surface area contributed by atoms with Crippen molar-refractivity contribution in [3.63, 3.8) is 0 Å². The van der Waals surface area contributed by atoms with E-state index < -0.39 is 23.2 Å². The Kier molecular flexibility index (Phi) is 6.41. The molecule has 33 heavy (non-hydrogen) atoms. The van der Waals surface area contributed by atoms with E-state index in [-0.39, 0.29) is 34.2 Å². The Morgan fingerprint density at radius 2 is 2.09 bits per heavy atom. The Balaban J connectivity index is 1.71. The molecule has 1 aromatic rings. The number of anilines is 1. The SMILES string of the molecule is CCCNC(=O)C12CCCC1C(c1cc(N3C(=O)C(=O)N(CCC)C3=S)c(F)cc1Cl)=NO2. The molecule has 0 radical (unpaired) electrons. The molecule has 1 aromatic carbocycles. The highest BCUT2D eigenvalue weighted by atomic mass is 35.5. The second-order valence-corrected chi connectivity index (χ2v) is 9.09. The quantitative estimate of drug-likeness (QED) is 0.464. The minimum Gasteiger partial charge on any atom is -0.378 e. The van der Waals surface area contributed by atoms with Gasteiger partial charge in [0.25, 0.3) is 5.91 Å². The molecule has 176 valence electrons. The summed E-state index contributed by atoms with van der Waals surface area (Å²) in [6.07, 6.45) is 3.26. The number of thiocarbonyl (C=S) groups is 1. The van der Waals surface area contributed by atoms with E-state index in [1.807, 2.05) is 13.8 Å². The Hall–Kier alpha value is -2.59. The van der Waals surface area contributed by atoms with Crippen molar-refractivity contribution in [1.29, 1.82) is 0 Å². The molecular formula is C22H24ClFN4O4S. The van der Waals surface area contributed by atoms with Gasteiger partial charge in [0.15, 0.2) is 5.11 Å². The van der Waals surface area contributed by atoms with Gasteiger partial charge in [-0.1, -0.05) is 30.6 Å². The van der Waals surface area contributed by atoms with E-state index in [1.54, 1.807) is 0 Å². The maximum absolute atomic E-state index is 15.0. The lowest BCUT2D eigenvalue weighted by Gasteiger charge is -2.26. The summed E-state index contributed by atoms with van der Waals surface area (Å²) in [5, 5.41) is 7.04. The van der Waals surface area contributed by atoms with Crippen LogP contribution in [0, 0.1) is 11.7 Å². The fourth-order valence-electron chi connectivity index (χ4n) is 4.62. The zero-order valence-electron chi connectivity index (χ0n) is 18.3. The number of fused-ring (bicyclic) bond motifs is 1. The first kappa shape index (κ1) is 23.6. The molecular weight excluding hydrogens is 471 g/mol. The highest BCUT2D eigenvalue weighted by Gasteiger charge is 2.58. The molecule has 1 N–H and O–H groups in total. The molecule has 1 saturated carbocycles. The predicted molar refractivity (Wildman–Crippen MR) is 124 cm³/mol. The van der Waals surface area contributed by atoms with Crippen molar-refractivity contribution >= 4 is 58.1 Å². The van der Waals surface area contributed by atoms with Crippen molar-refractivity contribution in [3.05, 3.63) is 28.5 Å². The average Bonchev–Trinajstić information content (AvgIpc) is 3.42. The van der Waals surface area contributed by atoms with Gasteiger partial charge in [-0.15, -0.1) is 0 Å². The van der Waals surface area contributed by atoms with Crippen LogP contribution in [-0.2, 0) is 19.2 Å². The number of benzene rings is 1. The fourth-order valence-corrected chi connectivity index (χ4v) is 5.22. The molecule has 11 heteroatoms. The molecule has 3 amide bonds. The van der Waals surface area contributed by atoms with Crippen LogP contribution >= 0.6 is 23.8 Å². The highest BCUT2D eigenvalue weighted by molar-refractivity contribution is 7.80. The predicted octanol–water partition coefficient (Wildman–Crippen LogP) is 3.15. The van der Waals surface area contributed by atoms with Crippen molar-refractivity contribution in [1.82, 2.24) is 10.2 Å². The zero-order valence-corrected chi connectivity index (χ0v) is 19.9. The van der Waals surface area contributed by atoms with Gasteiger partial charge in [0.2, 0.25) is 5.60 Å². The maximum Gasteiger partial charge on any atom is 0.323 e. The summed E-state index contributed by atoms with van der Waals surface area (Å²) >= 11 is 11.7. The van der Waals surface area contributed by atoms with Crippen LogP contribution in [0.5, 0.6) is 0 Å². The lowest BCUT2D eigenvalue weighted by molar-refractivity contribution is -0.146. The topological polar surface area (TPSA) is 91.3 Å². The van der Waals surface area contributed by atoms with E-state index in [0.717, 1.165) is 28.7 Å². The Labute approximate surface area is 201 Å². The Morgan fingerprint density at radius 1 is 1.33 bits per heavy atom. The van der Waals surface area contributed by atoms with Gasteiger partial charge in [0.1, 0.15) is 5.82 Å². The van der Waals surface area contributed by atoms with Gasteiger partial charge in [-0.2, -0.15) is 0 Å². The number of rotatable bonds is 7. The Bertz CT molecular complexity index is 1080. The molecule has 0 bridgehead atoms. The van der Waals surface area contributed by atoms with Crippen molar-refractivity contribution in [2.24, 2.45) is 11.1 Å². The molecule has 0 spiro atoms. The third-order valence-electron chi connectivity index (χ3n) is 6.21. The number of carbonyl (C=O) groups excluding carboxylic acids is 3. The van der Waals surface area contributed by atoms with Crippen LogP contribution in [0.15, 0.2) is 17.3 Å². The largest absolute Gasteiger partial charge is 0.378 e. The van der Waals surface area contributed by atoms with Crippen LogP contribution in [0.25, 0.3) is 0 Å². The number of nitrogens with zero attached hydrogens (tertiary/aromatic N) is 3. The molecule has 1 aliphatic carbocycles. The molecule has 2 unspecified atom stereocenters. The second-order valence-electron chi connectivity index (χ2n) is 8.32. The third-order valence-corrected chi connectivity index (χ3v) is 6.93. The second kappa shape index (κ2) is 8.98. The highest BCUT2D eigenvalue weighted by Crippen LogP contribution is 2.47. The summed E-state index contributed by atoms with van der Waals surface area (Å²) in [7, 11) is 0. The van der Waals surface area contributed by atoms with Gasteiger partial charge in [-0.05, 0) is 56.5 Å². The van der Waals surface area contributed by atoms with Crippen LogP contribution in [-0.4, -0.2) is 52.1 Å². The number of nitrogens with one attached hydrogen (secondary N) is 1. The van der Waals surface area contributed by atoms with Crippen LogP contribution < -0.4 is 10.2 Å². The van der Waals surface area contributed by atoms with E-state index in [0.29, 0.717) is 37.1 Å². The molecule has 2 aliphatic heterocycles. The van der Waals surface area contributed by atoms with Crippen LogP contribution in [0.2, 0.25) is 5.02 Å². The molecule has 2 atom stereocenters. The fraction of sp³-hybridized carbons (Fsp3) is 0.500. The molecule has 2 heterocycles. The monoisotopic (exact) mass is 494 g/mol. The average molecular weight is 495 g/mol. The van der Waals surface area contributed by atoms with Gasteiger partial charge >= 0.3 is 11.8 Å². The van der Waals surface area contributed by atoms with Gasteiger partial charge in [-0.3, -0.25) is 19.3 Å². The standard InChI is InChI=1S/C22H24ClFN4O4S/c1-3-8-25-20(31)22-7-5-6-13(22)17(26-32-22)12-10-16(15(24)11-14(12)23)28-19(30)18(29)27(9-4-2)21(28)33/h10-11,13H,3-9H2,1-2H3,(H,25,31). The first-order valence-electron chi connectivity index (χ1n) is 11.0. The minimum absolute atomic E-state index is 0.0598. The molecule has 2 fully saturated rings. The smallest absolute Gasteiger partial charge is 0.323 e. The summed E-state index contributed by atoms with van der Waals surface area (Å²) in [6.45, 7) is 4.56. The number of halogens is 2. The number of carbonyl (C=O) groups is 3. The van der Waals surface area contributed by atoms with E-state index in [1.165, 1.54) is 6.07 Å². The molecule has 0 aromatic heterocycles. The Morgan fingerprint density at radius 3 is 2.79 bits per heavy atom. The summed E-state index contributed by atoms with van der Waals surface area (Å²) < 4.78 is 15.0. The van der Waals surface area contributed by atoms with Crippen molar-refractivity contribution < 1.29 is 23.6 Å². The van der Waals surface area contributed by atoms with Crippen LogP contribution in [0.1, 0.15) is 51.5 Å². The van der Waals surface area contributed by atoms with Crippen molar-refractivity contribution in [3.8, 4) is 0 Å². The van der Waals surface area contributed by atoms with Crippen LogP contribution in [0.3, 0.4) is 0 Å². The van der Waals surface area contributed by atoms with E-state index in [9.17, 15) is 18.8 Å². The minimum atomic E-state index is -1.13. The van der Waals surface area contributed by atoms with E-state index in [2.05, 4.69) is 10.5 Å². The van der Waals surface area contributed by atoms with E-state index in [4.69, 9.17) is 28.7 Å². The maximum atomic E-state index is 15.0. The van der Waals surface area contributed by atoms with Gasteiger partial charge < -0.3 is 10.2 Å². The normalized spacial score (nSPS) is 24.3. The third kappa shape index (κ3) is 3.69. The first-order chi connectivity index (χ1) is 15.8. The number of hydrogen-bond donors (Lipinski definition) is 1. The molecule has 1 saturated heterocycles. The van der Waals surface area contributed by atoms with E-state index >= 15 is 0 Å². The summed E-state index contributed by atoms with van der Waals surface area (Å²) in [5.74, 6) is -3.14. The number of hydrogen-bond acceptors (Lipinski definition) is 6. The zero-order chi connectivity index (χ0) is 23.9. The lowest BCUT2D eigenvalue weighted by atomic mass is 9.84. The molecule has 3 aliphatic rings. The molecule has 8 nitrogen and oxygen atoms in total. The van der Waals surface area contributed by atoms with Crippen molar-refractivity contribution in [2.75, 3.05) is 18.0 Å². The van der Waals surface area contributed by atoms with Gasteiger partial charge in [-0.25, -0.2) is 9.29 Å². The summed E-state index contributed by atoms with van der Waals surface area (Å²) in [6, 6.07) is 2.41.